The first-order chi connectivity index (χ1) is 11.0. The van der Waals surface area contributed by atoms with E-state index in [0.717, 1.165) is 12.8 Å². The molecule has 2 amide bonds. The minimum Gasteiger partial charge on any atom is -0.396 e. The van der Waals surface area contributed by atoms with Gasteiger partial charge in [0.25, 0.3) is 0 Å². The smallest absolute Gasteiger partial charge is 0.314 e. The molecule has 1 aliphatic carbocycles. The van der Waals surface area contributed by atoms with Gasteiger partial charge in [-0.05, 0) is 30.2 Å². The number of aliphatic hydroxyl groups is 1. The highest BCUT2D eigenvalue weighted by Gasteiger charge is 2.35. The molecule has 1 aliphatic rings. The van der Waals surface area contributed by atoms with Crippen molar-refractivity contribution >= 4 is 6.03 Å². The van der Waals surface area contributed by atoms with Gasteiger partial charge in [0, 0.05) is 25.1 Å². The fraction of sp³-hybridized carbons (Fsp3) is 0.632. The molecule has 0 heterocycles. The predicted octanol–water partition coefficient (Wildman–Crippen LogP) is 3.21. The summed E-state index contributed by atoms with van der Waals surface area (Å²) in [5.41, 5.74) is 1.33. The molecule has 0 bridgehead atoms. The van der Waals surface area contributed by atoms with Crippen LogP contribution in [0.5, 0.6) is 0 Å². The van der Waals surface area contributed by atoms with E-state index >= 15 is 0 Å². The maximum absolute atomic E-state index is 12.1. The van der Waals surface area contributed by atoms with E-state index in [-0.39, 0.29) is 23.5 Å². The number of carbonyl (C=O) groups excluding carboxylic acids is 1. The highest BCUT2D eigenvalue weighted by Crippen LogP contribution is 2.40. The van der Waals surface area contributed by atoms with Crippen molar-refractivity contribution in [2.75, 3.05) is 19.7 Å². The van der Waals surface area contributed by atoms with Crippen LogP contribution in [0.25, 0.3) is 0 Å². The van der Waals surface area contributed by atoms with Gasteiger partial charge < -0.3 is 15.7 Å². The van der Waals surface area contributed by atoms with Crippen molar-refractivity contribution in [2.45, 2.75) is 51.4 Å². The monoisotopic (exact) mass is 318 g/mol. The summed E-state index contributed by atoms with van der Waals surface area (Å²) in [5.74, 6) is 0. The van der Waals surface area contributed by atoms with Gasteiger partial charge in [-0.15, -0.1) is 0 Å². The number of hydrogen-bond donors (Lipinski definition) is 3. The number of hydrogen-bond acceptors (Lipinski definition) is 2. The van der Waals surface area contributed by atoms with Gasteiger partial charge in [0.05, 0.1) is 0 Å². The van der Waals surface area contributed by atoms with Crippen molar-refractivity contribution in [2.24, 2.45) is 5.41 Å². The number of rotatable bonds is 7. The van der Waals surface area contributed by atoms with Crippen molar-refractivity contribution in [1.82, 2.24) is 10.6 Å². The Morgan fingerprint density at radius 3 is 2.43 bits per heavy atom. The maximum Gasteiger partial charge on any atom is 0.314 e. The van der Waals surface area contributed by atoms with Crippen molar-refractivity contribution in [3.63, 3.8) is 0 Å². The van der Waals surface area contributed by atoms with E-state index in [1.165, 1.54) is 18.4 Å². The average Bonchev–Trinajstić information content (AvgIpc) is 3.02. The van der Waals surface area contributed by atoms with Crippen LogP contribution in [0.1, 0.15) is 51.5 Å². The van der Waals surface area contributed by atoms with Crippen molar-refractivity contribution in [3.8, 4) is 0 Å². The number of urea groups is 1. The van der Waals surface area contributed by atoms with Gasteiger partial charge in [0.15, 0.2) is 0 Å². The zero-order valence-electron chi connectivity index (χ0n) is 14.4. The van der Waals surface area contributed by atoms with Crippen LogP contribution in [0.2, 0.25) is 0 Å². The Hall–Kier alpha value is -1.55. The van der Waals surface area contributed by atoms with Gasteiger partial charge in [0.2, 0.25) is 0 Å². The van der Waals surface area contributed by atoms with Crippen molar-refractivity contribution in [1.29, 1.82) is 0 Å². The molecular formula is C19H30N2O2. The maximum atomic E-state index is 12.1. The molecule has 1 fully saturated rings. The molecule has 0 aliphatic heterocycles. The summed E-state index contributed by atoms with van der Waals surface area (Å²) in [4.78, 5) is 12.1. The molecule has 0 atom stereocenters. The van der Waals surface area contributed by atoms with Crippen molar-refractivity contribution < 1.29 is 9.90 Å². The molecule has 3 N–H and O–H groups in total. The summed E-state index contributed by atoms with van der Waals surface area (Å²) in [7, 11) is 0. The molecule has 23 heavy (non-hydrogen) atoms. The summed E-state index contributed by atoms with van der Waals surface area (Å²) in [6.45, 7) is 5.49. The summed E-state index contributed by atoms with van der Waals surface area (Å²) in [6, 6.07) is 10.4. The van der Waals surface area contributed by atoms with E-state index in [1.807, 2.05) is 19.9 Å². The highest BCUT2D eigenvalue weighted by atomic mass is 16.3. The first-order valence-electron chi connectivity index (χ1n) is 8.66. The third kappa shape index (κ3) is 4.96. The molecule has 0 unspecified atom stereocenters. The van der Waals surface area contributed by atoms with E-state index in [0.29, 0.717) is 19.5 Å². The Balaban J connectivity index is 1.89. The molecule has 0 saturated heterocycles. The number of benzene rings is 1. The fourth-order valence-corrected chi connectivity index (χ4v) is 3.43. The molecule has 0 aromatic heterocycles. The van der Waals surface area contributed by atoms with Gasteiger partial charge in [-0.2, -0.15) is 0 Å². The summed E-state index contributed by atoms with van der Waals surface area (Å²) >= 11 is 0. The second kappa shape index (κ2) is 7.82. The molecule has 128 valence electrons. The number of amides is 2. The molecule has 1 aromatic carbocycles. The van der Waals surface area contributed by atoms with Crippen molar-refractivity contribution in [3.05, 3.63) is 35.9 Å². The fourth-order valence-electron chi connectivity index (χ4n) is 3.43. The molecular weight excluding hydrogens is 288 g/mol. The Morgan fingerprint density at radius 2 is 1.83 bits per heavy atom. The minimum atomic E-state index is -0.113. The molecule has 0 radical (unpaired) electrons. The standard InChI is InChI=1S/C19H30N2O2/c1-18(2,12-13-22)14-20-17(23)21-15-19(10-6-7-11-19)16-8-4-3-5-9-16/h3-5,8-9,22H,6-7,10-15H2,1-2H3,(H2,20,21,23). The van der Waals surface area contributed by atoms with Crippen LogP contribution in [-0.2, 0) is 5.41 Å². The zero-order valence-corrected chi connectivity index (χ0v) is 14.4. The lowest BCUT2D eigenvalue weighted by Gasteiger charge is -2.30. The molecule has 4 nitrogen and oxygen atoms in total. The quantitative estimate of drug-likeness (QED) is 0.723. The molecule has 1 aromatic rings. The second-order valence-corrected chi connectivity index (χ2v) is 7.53. The lowest BCUT2D eigenvalue weighted by atomic mass is 9.79. The van der Waals surface area contributed by atoms with Crippen LogP contribution >= 0.6 is 0 Å². The molecule has 2 rings (SSSR count). The van der Waals surface area contributed by atoms with Crippen LogP contribution in [0.3, 0.4) is 0 Å². The van der Waals surface area contributed by atoms with Crippen LogP contribution in [0.4, 0.5) is 4.79 Å². The normalized spacial score (nSPS) is 17.0. The minimum absolute atomic E-state index is 0.0826. The number of carbonyl (C=O) groups is 1. The van der Waals surface area contributed by atoms with E-state index in [2.05, 4.69) is 34.9 Å². The molecule has 0 spiro atoms. The summed E-state index contributed by atoms with van der Waals surface area (Å²) < 4.78 is 0. The summed E-state index contributed by atoms with van der Waals surface area (Å²) in [5, 5.41) is 15.1. The third-order valence-corrected chi connectivity index (χ3v) is 5.05. The van der Waals surface area contributed by atoms with Gasteiger partial charge in [0.1, 0.15) is 0 Å². The van der Waals surface area contributed by atoms with Gasteiger partial charge in [-0.3, -0.25) is 0 Å². The lowest BCUT2D eigenvalue weighted by Crippen LogP contribution is -2.46. The Bertz CT molecular complexity index is 493. The van der Waals surface area contributed by atoms with E-state index < -0.39 is 0 Å². The van der Waals surface area contributed by atoms with Crippen LogP contribution in [0, 0.1) is 5.41 Å². The van der Waals surface area contributed by atoms with Crippen LogP contribution in [0.15, 0.2) is 30.3 Å². The second-order valence-electron chi connectivity index (χ2n) is 7.53. The third-order valence-electron chi connectivity index (χ3n) is 5.05. The van der Waals surface area contributed by atoms with E-state index in [1.54, 1.807) is 0 Å². The first kappa shape index (κ1) is 17.8. The zero-order chi connectivity index (χ0) is 16.8. The van der Waals surface area contributed by atoms with Gasteiger partial charge in [-0.25, -0.2) is 4.79 Å². The molecule has 1 saturated carbocycles. The van der Waals surface area contributed by atoms with E-state index in [9.17, 15) is 4.79 Å². The number of aliphatic hydroxyl groups excluding tert-OH is 1. The van der Waals surface area contributed by atoms with E-state index in [4.69, 9.17) is 5.11 Å². The Labute approximate surface area is 139 Å². The SMILES string of the molecule is CC(C)(CCO)CNC(=O)NCC1(c2ccccc2)CCCC1. The predicted molar refractivity (Wildman–Crippen MR) is 93.5 cm³/mol. The Kier molecular flexibility index (Phi) is 6.05. The van der Waals surface area contributed by atoms with Gasteiger partial charge >= 0.3 is 6.03 Å². The van der Waals surface area contributed by atoms with Gasteiger partial charge in [-0.1, -0.05) is 57.0 Å². The van der Waals surface area contributed by atoms with Crippen LogP contribution in [-0.4, -0.2) is 30.8 Å². The largest absolute Gasteiger partial charge is 0.396 e. The van der Waals surface area contributed by atoms with Crippen LogP contribution < -0.4 is 10.6 Å². The average molecular weight is 318 g/mol. The lowest BCUT2D eigenvalue weighted by molar-refractivity contribution is 0.200. The number of nitrogens with one attached hydrogen (secondary N) is 2. The first-order valence-corrected chi connectivity index (χ1v) is 8.66. The topological polar surface area (TPSA) is 61.4 Å². The molecule has 4 heteroatoms. The summed E-state index contributed by atoms with van der Waals surface area (Å²) in [6.07, 6.45) is 5.39. The Morgan fingerprint density at radius 1 is 1.17 bits per heavy atom. The highest BCUT2D eigenvalue weighted by molar-refractivity contribution is 5.74.